The second-order valence-electron chi connectivity index (χ2n) is 9.14. The maximum atomic E-state index is 15.2. The lowest BCUT2D eigenvalue weighted by Gasteiger charge is -2.36. The lowest BCUT2D eigenvalue weighted by Crippen LogP contribution is -2.50. The van der Waals surface area contributed by atoms with Gasteiger partial charge >= 0.3 is 14.2 Å². The molecule has 1 aliphatic carbocycles. The third kappa shape index (κ3) is 7.53. The summed E-state index contributed by atoms with van der Waals surface area (Å²) in [6.07, 6.45) is 3.79. The Bertz CT molecular complexity index is 768. The van der Waals surface area contributed by atoms with E-state index in [1.807, 2.05) is 30.3 Å². The van der Waals surface area contributed by atoms with Crippen LogP contribution in [0.1, 0.15) is 70.3 Å². The first-order valence-corrected chi connectivity index (χ1v) is 13.4. The van der Waals surface area contributed by atoms with E-state index in [1.165, 1.54) is 13.5 Å². The number of hydrogen-bond acceptors (Lipinski definition) is 7. The van der Waals surface area contributed by atoms with Gasteiger partial charge in [0.05, 0.1) is 13.2 Å². The molecule has 1 aliphatic heterocycles. The van der Waals surface area contributed by atoms with Crippen molar-refractivity contribution in [1.82, 2.24) is 0 Å². The molecular formula is C25H37FO7P+. The van der Waals surface area contributed by atoms with E-state index in [9.17, 15) is 9.36 Å². The molecule has 1 saturated heterocycles. The van der Waals surface area contributed by atoms with Crippen LogP contribution in [0.4, 0.5) is 4.39 Å². The maximum absolute atomic E-state index is 15.2. The fourth-order valence-electron chi connectivity index (χ4n) is 4.68. The van der Waals surface area contributed by atoms with Crippen LogP contribution in [0.5, 0.6) is 0 Å². The molecule has 1 heterocycles. The standard InChI is InChI=1S/C25H37FO7P/c1-19-22(26)23(21(32-19)18-31-34(28)29-2)33-25(15-11-6-4-3-5-7-12-16-25)24(27)30-17-20-13-9-8-10-14-20/h8-10,13-14,19,21-23H,3-7,11-12,15-18H2,1-2H3/q+1/t19-,21+,22?,23?/m0/s1. The third-order valence-corrected chi connectivity index (χ3v) is 7.28. The van der Waals surface area contributed by atoms with E-state index in [1.54, 1.807) is 6.92 Å². The van der Waals surface area contributed by atoms with E-state index < -0.39 is 44.3 Å². The fraction of sp³-hybridized carbons (Fsp3) is 0.720. The van der Waals surface area contributed by atoms with Crippen LogP contribution in [0.2, 0.25) is 0 Å². The number of carbonyl (C=O) groups excluding carboxylic acids is 1. The predicted molar refractivity (Wildman–Crippen MR) is 125 cm³/mol. The zero-order valence-electron chi connectivity index (χ0n) is 20.2. The minimum absolute atomic E-state index is 0.127. The summed E-state index contributed by atoms with van der Waals surface area (Å²) < 4.78 is 54.5. The molecule has 1 saturated carbocycles. The highest BCUT2D eigenvalue weighted by Crippen LogP contribution is 2.38. The average Bonchev–Trinajstić information content (AvgIpc) is 3.12. The minimum Gasteiger partial charge on any atom is -0.459 e. The van der Waals surface area contributed by atoms with Crippen molar-refractivity contribution in [2.45, 2.75) is 101 Å². The van der Waals surface area contributed by atoms with Crippen molar-refractivity contribution in [2.75, 3.05) is 13.7 Å². The van der Waals surface area contributed by atoms with Gasteiger partial charge in [-0.3, -0.25) is 0 Å². The van der Waals surface area contributed by atoms with E-state index in [0.717, 1.165) is 44.1 Å². The molecular weight excluding hydrogens is 462 g/mol. The highest BCUT2D eigenvalue weighted by atomic mass is 31.1. The lowest BCUT2D eigenvalue weighted by molar-refractivity contribution is -0.193. The van der Waals surface area contributed by atoms with Gasteiger partial charge in [-0.05, 0) is 38.2 Å². The van der Waals surface area contributed by atoms with Crippen molar-refractivity contribution in [3.63, 3.8) is 0 Å². The summed E-state index contributed by atoms with van der Waals surface area (Å²) in [5.41, 5.74) is -0.391. The maximum Gasteiger partial charge on any atom is 0.697 e. The summed E-state index contributed by atoms with van der Waals surface area (Å²) in [5.74, 6) is -0.466. The van der Waals surface area contributed by atoms with Gasteiger partial charge in [0.25, 0.3) is 0 Å². The van der Waals surface area contributed by atoms with Crippen LogP contribution < -0.4 is 0 Å². The van der Waals surface area contributed by atoms with Gasteiger partial charge in [0.2, 0.25) is 0 Å². The van der Waals surface area contributed by atoms with Gasteiger partial charge in [0.15, 0.2) is 11.8 Å². The molecule has 2 fully saturated rings. The molecule has 0 radical (unpaired) electrons. The number of halogens is 1. The highest BCUT2D eigenvalue weighted by Gasteiger charge is 2.52. The van der Waals surface area contributed by atoms with Crippen molar-refractivity contribution in [1.29, 1.82) is 0 Å². The molecule has 3 rings (SSSR count). The van der Waals surface area contributed by atoms with Gasteiger partial charge in [-0.2, -0.15) is 0 Å². The first kappa shape index (κ1) is 27.2. The summed E-state index contributed by atoms with van der Waals surface area (Å²) in [6.45, 7) is 1.58. The molecule has 1 aromatic rings. The van der Waals surface area contributed by atoms with Gasteiger partial charge in [0, 0.05) is 4.57 Å². The second-order valence-corrected chi connectivity index (χ2v) is 10.2. The Morgan fingerprint density at radius 2 is 1.71 bits per heavy atom. The van der Waals surface area contributed by atoms with Crippen LogP contribution in [-0.4, -0.2) is 49.8 Å². The van der Waals surface area contributed by atoms with Gasteiger partial charge in [0.1, 0.15) is 25.4 Å². The number of ether oxygens (including phenoxy) is 3. The summed E-state index contributed by atoms with van der Waals surface area (Å²) in [4.78, 5) is 13.5. The first-order chi connectivity index (χ1) is 16.4. The number of benzene rings is 1. The Hall–Kier alpha value is -1.44. The average molecular weight is 500 g/mol. The van der Waals surface area contributed by atoms with E-state index in [-0.39, 0.29) is 13.2 Å². The Morgan fingerprint density at radius 3 is 2.32 bits per heavy atom. The monoisotopic (exact) mass is 499 g/mol. The predicted octanol–water partition coefficient (Wildman–Crippen LogP) is 5.82. The molecule has 0 spiro atoms. The lowest BCUT2D eigenvalue weighted by atomic mass is 9.87. The molecule has 0 aromatic heterocycles. The van der Waals surface area contributed by atoms with Gasteiger partial charge in [-0.25, -0.2) is 9.18 Å². The van der Waals surface area contributed by atoms with Crippen LogP contribution in [0, 0.1) is 0 Å². The van der Waals surface area contributed by atoms with Crippen molar-refractivity contribution >= 4 is 14.2 Å². The van der Waals surface area contributed by atoms with E-state index in [0.29, 0.717) is 12.8 Å². The Kier molecular flexibility index (Phi) is 10.9. The Morgan fingerprint density at radius 1 is 1.09 bits per heavy atom. The van der Waals surface area contributed by atoms with E-state index >= 15 is 4.39 Å². The SMILES string of the molecule is CO[P+](=O)OC[C@H]1O[C@@H](C)C(F)C1OC1(C(=O)OCc2ccccc2)CCCCCCCCC1. The van der Waals surface area contributed by atoms with Crippen LogP contribution in [0.25, 0.3) is 0 Å². The summed E-state index contributed by atoms with van der Waals surface area (Å²) in [5, 5.41) is 0. The Balaban J connectivity index is 1.80. The summed E-state index contributed by atoms with van der Waals surface area (Å²) >= 11 is 0. The van der Waals surface area contributed by atoms with Gasteiger partial charge in [-0.1, -0.05) is 62.4 Å². The van der Waals surface area contributed by atoms with Crippen LogP contribution in [0.3, 0.4) is 0 Å². The third-order valence-electron chi connectivity index (χ3n) is 6.62. The van der Waals surface area contributed by atoms with Crippen LogP contribution >= 0.6 is 8.25 Å². The smallest absolute Gasteiger partial charge is 0.459 e. The zero-order chi connectivity index (χ0) is 24.4. The highest BCUT2D eigenvalue weighted by molar-refractivity contribution is 7.33. The van der Waals surface area contributed by atoms with Crippen molar-refractivity contribution in [2.24, 2.45) is 0 Å². The van der Waals surface area contributed by atoms with Gasteiger partial charge in [-0.15, -0.1) is 9.05 Å². The van der Waals surface area contributed by atoms with E-state index in [2.05, 4.69) is 4.52 Å². The summed E-state index contributed by atoms with van der Waals surface area (Å²) in [6, 6.07) is 9.46. The molecule has 0 bridgehead atoms. The molecule has 7 nitrogen and oxygen atoms in total. The first-order valence-electron chi connectivity index (χ1n) is 12.3. The zero-order valence-corrected chi connectivity index (χ0v) is 21.1. The summed E-state index contributed by atoms with van der Waals surface area (Å²) in [7, 11) is -1.07. The van der Waals surface area contributed by atoms with Crippen molar-refractivity contribution in [3.8, 4) is 0 Å². The fourth-order valence-corrected chi connectivity index (χ4v) is 5.05. The molecule has 1 aromatic carbocycles. The topological polar surface area (TPSA) is 80.3 Å². The molecule has 190 valence electrons. The molecule has 34 heavy (non-hydrogen) atoms. The number of hydrogen-bond donors (Lipinski definition) is 0. The molecule has 0 amide bonds. The number of alkyl halides is 1. The molecule has 0 N–H and O–H groups in total. The molecule has 3 unspecified atom stereocenters. The number of esters is 1. The largest absolute Gasteiger partial charge is 0.697 e. The molecule has 5 atom stereocenters. The van der Waals surface area contributed by atoms with Crippen LogP contribution in [-0.2, 0) is 39.2 Å². The second kappa shape index (κ2) is 13.6. The molecule has 2 aliphatic rings. The minimum atomic E-state index is -2.33. The van der Waals surface area contributed by atoms with Crippen molar-refractivity contribution < 1.29 is 37.0 Å². The van der Waals surface area contributed by atoms with Crippen LogP contribution in [0.15, 0.2) is 30.3 Å². The number of carbonyl (C=O) groups is 1. The van der Waals surface area contributed by atoms with Gasteiger partial charge < -0.3 is 14.2 Å². The molecule has 9 heteroatoms. The quantitative estimate of drug-likeness (QED) is 0.313. The number of rotatable bonds is 9. The Labute approximate surface area is 202 Å². The van der Waals surface area contributed by atoms with E-state index in [4.69, 9.17) is 18.7 Å². The van der Waals surface area contributed by atoms with Crippen molar-refractivity contribution in [3.05, 3.63) is 35.9 Å². The normalized spacial score (nSPS) is 28.3.